The van der Waals surface area contributed by atoms with Crippen molar-refractivity contribution in [1.82, 2.24) is 5.32 Å². The van der Waals surface area contributed by atoms with Crippen LogP contribution >= 0.6 is 12.4 Å². The van der Waals surface area contributed by atoms with E-state index in [1.807, 2.05) is 6.08 Å². The topological polar surface area (TPSA) is 12.0 Å². The molecule has 140 valence electrons. The van der Waals surface area contributed by atoms with E-state index >= 15 is 0 Å². The quantitative estimate of drug-likeness (QED) is 0.189. The molecule has 0 rings (SSSR count). The molecule has 0 heterocycles. The molecule has 0 aliphatic heterocycles. The first-order chi connectivity index (χ1) is 10.9. The average Bonchev–Trinajstić information content (AvgIpc) is 2.54. The lowest BCUT2D eigenvalue weighted by molar-refractivity contribution is 0.527. The molecule has 0 aromatic carbocycles. The van der Waals surface area contributed by atoms with Crippen molar-refractivity contribution in [2.24, 2.45) is 0 Å². The van der Waals surface area contributed by atoms with Crippen LogP contribution in [-0.4, -0.2) is 13.1 Å². The molecule has 0 aliphatic carbocycles. The van der Waals surface area contributed by atoms with Gasteiger partial charge < -0.3 is 5.32 Å². The van der Waals surface area contributed by atoms with Crippen LogP contribution < -0.4 is 5.32 Å². The van der Waals surface area contributed by atoms with Crippen molar-refractivity contribution in [2.75, 3.05) is 13.1 Å². The Morgan fingerprint density at radius 1 is 0.609 bits per heavy atom. The van der Waals surface area contributed by atoms with Crippen molar-refractivity contribution in [2.45, 2.75) is 110 Å². The largest absolute Gasteiger partial charge is 0.313 e. The summed E-state index contributed by atoms with van der Waals surface area (Å²) in [5.74, 6) is 0. The smallest absolute Gasteiger partial charge is 0.0132 e. The maximum atomic E-state index is 3.71. The molecule has 0 aliphatic rings. The Labute approximate surface area is 153 Å². The molecule has 0 radical (unpaired) electrons. The number of hydrogen-bond acceptors (Lipinski definition) is 1. The molecular formula is C21H44ClN. The lowest BCUT2D eigenvalue weighted by Crippen LogP contribution is -2.14. The van der Waals surface area contributed by atoms with Gasteiger partial charge >= 0.3 is 0 Å². The Morgan fingerprint density at radius 3 is 1.30 bits per heavy atom. The van der Waals surface area contributed by atoms with E-state index in [9.17, 15) is 0 Å². The minimum Gasteiger partial charge on any atom is -0.313 e. The van der Waals surface area contributed by atoms with E-state index < -0.39 is 0 Å². The number of nitrogens with one attached hydrogen (secondary N) is 1. The maximum absolute atomic E-state index is 3.71. The molecule has 0 bridgehead atoms. The highest BCUT2D eigenvalue weighted by atomic mass is 35.5. The Hall–Kier alpha value is -0.0100. The Balaban J connectivity index is 0. The molecule has 0 spiro atoms. The molecule has 0 atom stereocenters. The minimum absolute atomic E-state index is 0. The summed E-state index contributed by atoms with van der Waals surface area (Å²) in [5, 5.41) is 3.37. The van der Waals surface area contributed by atoms with E-state index in [4.69, 9.17) is 0 Å². The van der Waals surface area contributed by atoms with Gasteiger partial charge in [-0.25, -0.2) is 0 Å². The highest BCUT2D eigenvalue weighted by molar-refractivity contribution is 5.85. The molecule has 0 aromatic rings. The predicted molar refractivity (Wildman–Crippen MR) is 110 cm³/mol. The van der Waals surface area contributed by atoms with Gasteiger partial charge in [0, 0.05) is 6.54 Å². The first kappa shape index (κ1) is 25.2. The van der Waals surface area contributed by atoms with E-state index in [0.29, 0.717) is 0 Å². The fraction of sp³-hybridized carbons (Fsp3) is 0.905. The van der Waals surface area contributed by atoms with Crippen LogP contribution in [0.1, 0.15) is 110 Å². The molecule has 0 unspecified atom stereocenters. The molecular weight excluding hydrogens is 302 g/mol. The van der Waals surface area contributed by atoms with Gasteiger partial charge in [0.15, 0.2) is 0 Å². The Bertz CT molecular complexity index is 206. The van der Waals surface area contributed by atoms with Crippen LogP contribution in [-0.2, 0) is 0 Å². The first-order valence-corrected chi connectivity index (χ1v) is 10.2. The Morgan fingerprint density at radius 2 is 0.957 bits per heavy atom. The first-order valence-electron chi connectivity index (χ1n) is 10.2. The molecule has 1 nitrogen and oxygen atoms in total. The highest BCUT2D eigenvalue weighted by Crippen LogP contribution is 2.13. The van der Waals surface area contributed by atoms with Gasteiger partial charge in [-0.15, -0.1) is 19.0 Å². The van der Waals surface area contributed by atoms with Gasteiger partial charge in [0.1, 0.15) is 0 Å². The molecule has 0 aromatic heterocycles. The predicted octanol–water partition coefficient (Wildman–Crippen LogP) is 7.45. The van der Waals surface area contributed by atoms with Crippen LogP contribution in [0.15, 0.2) is 12.7 Å². The summed E-state index contributed by atoms with van der Waals surface area (Å²) in [4.78, 5) is 0. The molecule has 0 amide bonds. The minimum atomic E-state index is 0. The third-order valence-corrected chi connectivity index (χ3v) is 4.50. The molecule has 0 saturated carbocycles. The second kappa shape index (κ2) is 24.2. The van der Waals surface area contributed by atoms with Gasteiger partial charge in [-0.05, 0) is 13.0 Å². The van der Waals surface area contributed by atoms with Crippen molar-refractivity contribution >= 4 is 12.4 Å². The zero-order chi connectivity index (χ0) is 16.1. The van der Waals surface area contributed by atoms with Gasteiger partial charge in [-0.1, -0.05) is 109 Å². The van der Waals surface area contributed by atoms with E-state index in [-0.39, 0.29) is 12.4 Å². The van der Waals surface area contributed by atoms with E-state index in [1.165, 1.54) is 103 Å². The van der Waals surface area contributed by atoms with Crippen LogP contribution in [0.4, 0.5) is 0 Å². The van der Waals surface area contributed by atoms with Gasteiger partial charge in [0.25, 0.3) is 0 Å². The van der Waals surface area contributed by atoms with E-state index in [0.717, 1.165) is 13.1 Å². The standard InChI is InChI=1S/C21H43N.ClH/c1-3-5-6-7-8-9-10-11-12-13-14-15-16-17-18-19-21-22-20-4-2;/h4,22H,2-3,5-21H2,1H3;1H. The molecule has 2 heteroatoms. The van der Waals surface area contributed by atoms with E-state index in [2.05, 4.69) is 18.8 Å². The fourth-order valence-corrected chi connectivity index (χ4v) is 3.00. The summed E-state index contributed by atoms with van der Waals surface area (Å²) < 4.78 is 0. The summed E-state index contributed by atoms with van der Waals surface area (Å²) >= 11 is 0. The number of hydrogen-bond donors (Lipinski definition) is 1. The number of rotatable bonds is 19. The summed E-state index contributed by atoms with van der Waals surface area (Å²) in [7, 11) is 0. The van der Waals surface area contributed by atoms with Crippen molar-refractivity contribution in [3.8, 4) is 0 Å². The lowest BCUT2D eigenvalue weighted by atomic mass is 10.0. The van der Waals surface area contributed by atoms with Crippen molar-refractivity contribution < 1.29 is 0 Å². The molecule has 23 heavy (non-hydrogen) atoms. The van der Waals surface area contributed by atoms with Gasteiger partial charge in [0.2, 0.25) is 0 Å². The van der Waals surface area contributed by atoms with Crippen LogP contribution in [0.2, 0.25) is 0 Å². The Kier molecular flexibility index (Phi) is 26.6. The van der Waals surface area contributed by atoms with E-state index in [1.54, 1.807) is 0 Å². The third-order valence-electron chi connectivity index (χ3n) is 4.50. The fourth-order valence-electron chi connectivity index (χ4n) is 3.00. The van der Waals surface area contributed by atoms with Crippen LogP contribution in [0.3, 0.4) is 0 Å². The lowest BCUT2D eigenvalue weighted by Gasteiger charge is -2.04. The highest BCUT2D eigenvalue weighted by Gasteiger charge is 1.94. The molecule has 1 N–H and O–H groups in total. The third kappa shape index (κ3) is 24.4. The zero-order valence-corrected chi connectivity index (χ0v) is 16.7. The average molecular weight is 346 g/mol. The van der Waals surface area contributed by atoms with Gasteiger partial charge in [-0.2, -0.15) is 0 Å². The summed E-state index contributed by atoms with van der Waals surface area (Å²) in [5.41, 5.74) is 0. The van der Waals surface area contributed by atoms with Crippen LogP contribution in [0.25, 0.3) is 0 Å². The van der Waals surface area contributed by atoms with Gasteiger partial charge in [0.05, 0.1) is 0 Å². The normalized spacial score (nSPS) is 10.5. The van der Waals surface area contributed by atoms with Crippen LogP contribution in [0, 0.1) is 0 Å². The number of halogens is 1. The van der Waals surface area contributed by atoms with Crippen LogP contribution in [0.5, 0.6) is 0 Å². The summed E-state index contributed by atoms with van der Waals surface area (Å²) in [6.07, 6.45) is 25.0. The number of unbranched alkanes of at least 4 members (excludes halogenated alkanes) is 15. The molecule has 0 fully saturated rings. The summed E-state index contributed by atoms with van der Waals surface area (Å²) in [6, 6.07) is 0. The maximum Gasteiger partial charge on any atom is 0.0132 e. The van der Waals surface area contributed by atoms with Crippen molar-refractivity contribution in [3.63, 3.8) is 0 Å². The molecule has 0 saturated heterocycles. The monoisotopic (exact) mass is 345 g/mol. The second-order valence-corrected chi connectivity index (χ2v) is 6.80. The second-order valence-electron chi connectivity index (χ2n) is 6.80. The summed E-state index contributed by atoms with van der Waals surface area (Å²) in [6.45, 7) is 8.12. The van der Waals surface area contributed by atoms with Crippen molar-refractivity contribution in [3.05, 3.63) is 12.7 Å². The SMILES string of the molecule is C=CCNCCCCCCCCCCCCCCCCCC.Cl. The van der Waals surface area contributed by atoms with Crippen molar-refractivity contribution in [1.29, 1.82) is 0 Å². The zero-order valence-electron chi connectivity index (χ0n) is 15.9. The van der Waals surface area contributed by atoms with Gasteiger partial charge in [-0.3, -0.25) is 0 Å².